The number of nitrogens with one attached hydrogen (secondary N) is 4. The number of halogens is 10. The molecule has 0 saturated carbocycles. The first kappa shape index (κ1) is 54.2. The Morgan fingerprint density at radius 1 is 0.514 bits per heavy atom. The summed E-state index contributed by atoms with van der Waals surface area (Å²) in [5.41, 5.74) is -3.22. The van der Waals surface area contributed by atoms with E-state index in [4.69, 9.17) is 46.4 Å². The lowest BCUT2D eigenvalue weighted by Crippen LogP contribution is -2.33. The van der Waals surface area contributed by atoms with Crippen molar-refractivity contribution in [1.29, 1.82) is 0 Å². The van der Waals surface area contributed by atoms with Crippen LogP contribution in [0.2, 0.25) is 20.1 Å². The van der Waals surface area contributed by atoms with E-state index in [-0.39, 0.29) is 56.8 Å². The molecule has 5 aromatic carbocycles. The highest BCUT2D eigenvalue weighted by atomic mass is 35.5. The van der Waals surface area contributed by atoms with Crippen molar-refractivity contribution in [2.24, 2.45) is 20.5 Å². The zero-order valence-electron chi connectivity index (χ0n) is 36.7. The molecule has 0 fully saturated rings. The molecule has 0 aromatic heterocycles. The van der Waals surface area contributed by atoms with Crippen LogP contribution in [0.25, 0.3) is 0 Å². The quantitative estimate of drug-likeness (QED) is 0.0430. The van der Waals surface area contributed by atoms with Crippen molar-refractivity contribution in [3.8, 4) is 0 Å². The number of nitrogens with zero attached hydrogens (tertiary/aromatic N) is 4. The fourth-order valence-corrected chi connectivity index (χ4v) is 7.51. The smallest absolute Gasteiger partial charge is 0.323 e. The van der Waals surface area contributed by atoms with Crippen LogP contribution in [0.15, 0.2) is 105 Å². The number of anilines is 4. The summed E-state index contributed by atoms with van der Waals surface area (Å²) >= 11 is 24.4. The van der Waals surface area contributed by atoms with Crippen LogP contribution in [0.3, 0.4) is 0 Å². The highest BCUT2D eigenvalue weighted by Gasteiger charge is 2.36. The van der Waals surface area contributed by atoms with Gasteiger partial charge in [0.05, 0.1) is 65.1 Å². The molecule has 2 atom stereocenters. The molecule has 366 valence electrons. The molecule has 0 radical (unpaired) electrons. The maximum Gasteiger partial charge on any atom is 0.418 e. The van der Waals surface area contributed by atoms with E-state index in [0.29, 0.717) is 11.1 Å². The number of azo groups is 2. The predicted octanol–water partition coefficient (Wildman–Crippen LogP) is 13.3. The van der Waals surface area contributed by atoms with Gasteiger partial charge in [-0.1, -0.05) is 72.4 Å². The Labute approximate surface area is 414 Å². The molecule has 5 rings (SSSR count). The van der Waals surface area contributed by atoms with Crippen molar-refractivity contribution < 1.29 is 55.1 Å². The second-order valence-electron chi connectivity index (χ2n) is 14.8. The van der Waals surface area contributed by atoms with Gasteiger partial charge >= 0.3 is 12.4 Å². The highest BCUT2D eigenvalue weighted by Crippen LogP contribution is 2.41. The Morgan fingerprint density at radius 3 is 1.19 bits per heavy atom. The Balaban J connectivity index is 1.32. The van der Waals surface area contributed by atoms with Crippen LogP contribution in [0.4, 0.5) is 60.5 Å². The molecule has 0 aliphatic heterocycles. The third-order valence-corrected chi connectivity index (χ3v) is 11.3. The summed E-state index contributed by atoms with van der Waals surface area (Å²) < 4.78 is 81.9. The van der Waals surface area contributed by atoms with Gasteiger partial charge in [0.1, 0.15) is 0 Å². The molecule has 0 bridgehead atoms. The van der Waals surface area contributed by atoms with E-state index in [0.717, 1.165) is 62.4 Å². The van der Waals surface area contributed by atoms with Gasteiger partial charge < -0.3 is 21.3 Å². The SMILES string of the molecule is CCc1c(NC(=O)C(N=Nc2ccc(Cl)c(C(=O)Nc3c(Cl)cccc3C(F)(F)F)c2)C(C)=O)ccc(NC(=O)C(N=Nc2ccc(Cl)c(C(=O)Nc3c(Cl)cccc3C(F)(F)F)c2)C(C)=O)c1CC. The number of ketones is 2. The van der Waals surface area contributed by atoms with Crippen molar-refractivity contribution in [2.45, 2.75) is 65.0 Å². The largest absolute Gasteiger partial charge is 0.418 e. The third-order valence-electron chi connectivity index (χ3n) is 10.0. The maximum absolute atomic E-state index is 13.7. The van der Waals surface area contributed by atoms with Gasteiger partial charge in [-0.25, -0.2) is 0 Å². The van der Waals surface area contributed by atoms with Gasteiger partial charge in [0.2, 0.25) is 12.1 Å². The Hall–Kier alpha value is -6.74. The number of benzene rings is 5. The van der Waals surface area contributed by atoms with Crippen LogP contribution in [0.1, 0.15) is 70.7 Å². The monoisotopic (exact) mass is 1050 g/mol. The summed E-state index contributed by atoms with van der Waals surface area (Å²) in [5, 5.41) is 24.0. The molecule has 4 amide bonds. The van der Waals surface area contributed by atoms with Gasteiger partial charge in [-0.15, -0.1) is 0 Å². The highest BCUT2D eigenvalue weighted by molar-refractivity contribution is 6.37. The molecule has 70 heavy (non-hydrogen) atoms. The summed E-state index contributed by atoms with van der Waals surface area (Å²) in [6.07, 6.45) is -9.17. The first-order valence-electron chi connectivity index (χ1n) is 20.4. The predicted molar refractivity (Wildman–Crippen MR) is 252 cm³/mol. The minimum absolute atomic E-state index is 0.101. The fourth-order valence-electron chi connectivity index (χ4n) is 6.66. The number of carbonyl (C=O) groups is 6. The molecule has 0 aliphatic carbocycles. The number of para-hydroxylation sites is 2. The summed E-state index contributed by atoms with van der Waals surface area (Å²) in [6.45, 7) is 5.65. The van der Waals surface area contributed by atoms with Gasteiger partial charge in [-0.05, 0) is 111 Å². The molecule has 4 N–H and O–H groups in total. The van der Waals surface area contributed by atoms with Crippen LogP contribution < -0.4 is 21.3 Å². The first-order valence-corrected chi connectivity index (χ1v) is 21.9. The van der Waals surface area contributed by atoms with Crippen LogP contribution >= 0.6 is 46.4 Å². The Bertz CT molecular complexity index is 2770. The molecule has 14 nitrogen and oxygen atoms in total. The molecule has 2 unspecified atom stereocenters. The summed E-state index contributed by atoms with van der Waals surface area (Å²) in [7, 11) is 0. The summed E-state index contributed by atoms with van der Waals surface area (Å²) in [6, 6.07) is 12.4. The Morgan fingerprint density at radius 2 is 0.871 bits per heavy atom. The van der Waals surface area contributed by atoms with E-state index in [1.54, 1.807) is 13.8 Å². The summed E-state index contributed by atoms with van der Waals surface area (Å²) in [4.78, 5) is 78.9. The van der Waals surface area contributed by atoms with Gasteiger partial charge in [0, 0.05) is 11.4 Å². The van der Waals surface area contributed by atoms with E-state index in [1.165, 1.54) is 36.4 Å². The number of hydrogen-bond acceptors (Lipinski definition) is 10. The fraction of sp³-hybridized carbons (Fsp3) is 0.217. The molecule has 5 aromatic rings. The molecular weight excluding hydrogens is 1020 g/mol. The molecule has 0 aliphatic rings. The van der Waals surface area contributed by atoms with Gasteiger partial charge in [0.15, 0.2) is 11.6 Å². The number of Topliss-reactive ketones (excluding diaryl/α,β-unsaturated/α-hetero) is 2. The number of carbonyl (C=O) groups excluding carboxylic acids is 6. The van der Waals surface area contributed by atoms with Crippen molar-refractivity contribution in [1.82, 2.24) is 0 Å². The van der Waals surface area contributed by atoms with E-state index in [2.05, 4.69) is 41.7 Å². The topological polar surface area (TPSA) is 200 Å². The lowest BCUT2D eigenvalue weighted by atomic mass is 9.98. The van der Waals surface area contributed by atoms with E-state index in [1.807, 2.05) is 0 Å². The van der Waals surface area contributed by atoms with Crippen LogP contribution in [-0.2, 0) is 44.4 Å². The third kappa shape index (κ3) is 13.1. The minimum atomic E-state index is -4.86. The number of alkyl halides is 6. The van der Waals surface area contributed by atoms with Gasteiger partial charge in [0.25, 0.3) is 23.6 Å². The average molecular weight is 1050 g/mol. The average Bonchev–Trinajstić information content (AvgIpc) is 3.28. The van der Waals surface area contributed by atoms with E-state index in [9.17, 15) is 55.1 Å². The maximum atomic E-state index is 13.7. The second kappa shape index (κ2) is 22.8. The lowest BCUT2D eigenvalue weighted by molar-refractivity contribution is -0.137. The number of rotatable bonds is 16. The zero-order chi connectivity index (χ0) is 51.8. The standard InChI is InChI=1S/C46H36Cl4F6N8O6/c1-5-25-26(6-2)36(58-44(70)38(22(4)66)64-62-24-14-16-32(48)28(20-24)42(68)60-40-30(46(54,55)56)10-8-12-34(40)50)18-17-35(25)57-43(69)37(21(3)65)63-61-23-13-15-31(47)27(19-23)41(67)59-39-29(45(51,52)53)9-7-11-33(39)49/h7-20,37-38H,5-6H2,1-4H3,(H,57,69)(H,58,70)(H,59,67)(H,60,68). The molecular formula is C46H36Cl4F6N8O6. The number of hydrogen-bond donors (Lipinski definition) is 4. The van der Waals surface area contributed by atoms with E-state index >= 15 is 0 Å². The molecule has 24 heteroatoms. The number of amides is 4. The second-order valence-corrected chi connectivity index (χ2v) is 16.4. The Kier molecular flexibility index (Phi) is 17.6. The van der Waals surface area contributed by atoms with Crippen molar-refractivity contribution in [3.05, 3.63) is 138 Å². The van der Waals surface area contributed by atoms with Crippen molar-refractivity contribution >= 4 is 116 Å². The van der Waals surface area contributed by atoms with Crippen molar-refractivity contribution in [3.63, 3.8) is 0 Å². The normalized spacial score (nSPS) is 12.7. The molecule has 0 heterocycles. The van der Waals surface area contributed by atoms with Crippen LogP contribution in [0, 0.1) is 0 Å². The van der Waals surface area contributed by atoms with E-state index < -0.39 is 92.2 Å². The zero-order valence-corrected chi connectivity index (χ0v) is 39.7. The molecule has 0 spiro atoms. The summed E-state index contributed by atoms with van der Waals surface area (Å²) in [5.74, 6) is -5.50. The van der Waals surface area contributed by atoms with Crippen LogP contribution in [0.5, 0.6) is 0 Å². The lowest BCUT2D eigenvalue weighted by Gasteiger charge is -2.20. The van der Waals surface area contributed by atoms with Gasteiger partial charge in [-0.3, -0.25) is 28.8 Å². The molecule has 0 saturated heterocycles. The van der Waals surface area contributed by atoms with Crippen molar-refractivity contribution in [2.75, 3.05) is 21.3 Å². The first-order chi connectivity index (χ1) is 32.9. The van der Waals surface area contributed by atoms with Crippen LogP contribution in [-0.4, -0.2) is 47.3 Å². The minimum Gasteiger partial charge on any atom is -0.323 e. The van der Waals surface area contributed by atoms with Gasteiger partial charge in [-0.2, -0.15) is 46.8 Å².